The van der Waals surface area contributed by atoms with Crippen LogP contribution in [0.5, 0.6) is 0 Å². The average molecular weight is 418 g/mol. The van der Waals surface area contributed by atoms with Gasteiger partial charge in [0.25, 0.3) is 0 Å². The Morgan fingerprint density at radius 2 is 2.21 bits per heavy atom. The molecule has 1 fully saturated rings. The largest absolute Gasteiger partial charge is 0.356 e. The van der Waals surface area contributed by atoms with Gasteiger partial charge in [0.05, 0.1) is 0 Å². The van der Waals surface area contributed by atoms with Crippen molar-refractivity contribution in [1.82, 2.24) is 30.3 Å². The first-order valence-electron chi connectivity index (χ1n) is 10.7. The van der Waals surface area contributed by atoms with Gasteiger partial charge in [0, 0.05) is 37.6 Å². The van der Waals surface area contributed by atoms with Crippen molar-refractivity contribution < 1.29 is 0 Å². The SMILES string of the molecule is Cc1nnc(CN=C(NCCc2cccs2)NC[C@H]2CCCN2CC(C)C)n1C. The molecule has 3 heterocycles. The lowest BCUT2D eigenvalue weighted by molar-refractivity contribution is 0.226. The second-order valence-corrected chi connectivity index (χ2v) is 9.24. The molecule has 0 bridgehead atoms. The number of rotatable bonds is 9. The van der Waals surface area contributed by atoms with Gasteiger partial charge in [-0.15, -0.1) is 21.5 Å². The van der Waals surface area contributed by atoms with Gasteiger partial charge in [-0.3, -0.25) is 4.90 Å². The summed E-state index contributed by atoms with van der Waals surface area (Å²) >= 11 is 1.80. The van der Waals surface area contributed by atoms with Crippen LogP contribution in [0.1, 0.15) is 43.2 Å². The number of nitrogens with one attached hydrogen (secondary N) is 2. The standard InChI is InChI=1S/C21H35N7S/c1-16(2)15-28-11-5-7-18(28)13-23-21(22-10-9-19-8-6-12-29-19)24-14-20-26-25-17(3)27(20)4/h6,8,12,16,18H,5,7,9-11,13-15H2,1-4H3,(H2,22,23,24)/t18-/m1/s1. The van der Waals surface area contributed by atoms with Gasteiger partial charge in [0.2, 0.25) is 0 Å². The van der Waals surface area contributed by atoms with E-state index in [4.69, 9.17) is 4.99 Å². The van der Waals surface area contributed by atoms with Crippen LogP contribution in [0.3, 0.4) is 0 Å². The Labute approximate surface area is 178 Å². The molecule has 0 unspecified atom stereocenters. The first-order valence-corrected chi connectivity index (χ1v) is 11.5. The van der Waals surface area contributed by atoms with Crippen LogP contribution in [0.15, 0.2) is 22.5 Å². The molecule has 1 aliphatic heterocycles. The van der Waals surface area contributed by atoms with Crippen LogP contribution in [0.4, 0.5) is 0 Å². The highest BCUT2D eigenvalue weighted by atomic mass is 32.1. The normalized spacial score (nSPS) is 18.0. The molecule has 160 valence electrons. The fourth-order valence-corrected chi connectivity index (χ4v) is 4.43. The quantitative estimate of drug-likeness (QED) is 0.485. The van der Waals surface area contributed by atoms with Crippen molar-refractivity contribution >= 4 is 17.3 Å². The highest BCUT2D eigenvalue weighted by molar-refractivity contribution is 7.09. The van der Waals surface area contributed by atoms with Crippen molar-refractivity contribution in [3.8, 4) is 0 Å². The Kier molecular flexibility index (Phi) is 8.06. The molecule has 7 nitrogen and oxygen atoms in total. The Balaban J connectivity index is 1.58. The van der Waals surface area contributed by atoms with E-state index in [1.165, 1.54) is 30.8 Å². The molecule has 1 saturated heterocycles. The summed E-state index contributed by atoms with van der Waals surface area (Å²) in [5.74, 6) is 3.35. The molecule has 0 saturated carbocycles. The lowest BCUT2D eigenvalue weighted by Crippen LogP contribution is -2.46. The second kappa shape index (κ2) is 10.7. The summed E-state index contributed by atoms with van der Waals surface area (Å²) in [4.78, 5) is 8.80. The number of aromatic nitrogens is 3. The Morgan fingerprint density at radius 1 is 1.34 bits per heavy atom. The van der Waals surface area contributed by atoms with Crippen LogP contribution in [0.2, 0.25) is 0 Å². The number of hydrogen-bond acceptors (Lipinski definition) is 5. The minimum absolute atomic E-state index is 0.520. The fraction of sp³-hybridized carbons (Fsp3) is 0.667. The van der Waals surface area contributed by atoms with Crippen LogP contribution < -0.4 is 10.6 Å². The molecule has 2 aromatic rings. The molecule has 0 radical (unpaired) electrons. The van der Waals surface area contributed by atoms with Crippen LogP contribution in [-0.4, -0.2) is 57.8 Å². The smallest absolute Gasteiger partial charge is 0.191 e. The van der Waals surface area contributed by atoms with E-state index in [0.717, 1.165) is 37.1 Å². The molecule has 8 heteroatoms. The molecule has 0 aliphatic carbocycles. The molecular formula is C21H35N7S. The summed E-state index contributed by atoms with van der Waals surface area (Å²) in [7, 11) is 1.99. The highest BCUT2D eigenvalue weighted by Gasteiger charge is 2.24. The van der Waals surface area contributed by atoms with E-state index in [1.807, 2.05) is 18.5 Å². The molecule has 0 aromatic carbocycles. The van der Waals surface area contributed by atoms with Gasteiger partial charge in [0.1, 0.15) is 12.4 Å². The lowest BCUT2D eigenvalue weighted by Gasteiger charge is -2.27. The highest BCUT2D eigenvalue weighted by Crippen LogP contribution is 2.18. The molecule has 1 atom stereocenters. The maximum absolute atomic E-state index is 4.79. The van der Waals surface area contributed by atoms with Gasteiger partial charge in [0.15, 0.2) is 11.8 Å². The lowest BCUT2D eigenvalue weighted by atomic mass is 10.1. The van der Waals surface area contributed by atoms with Crippen LogP contribution in [0, 0.1) is 12.8 Å². The molecule has 3 rings (SSSR count). The van der Waals surface area contributed by atoms with Gasteiger partial charge in [-0.25, -0.2) is 4.99 Å². The monoisotopic (exact) mass is 417 g/mol. The molecule has 0 spiro atoms. The van der Waals surface area contributed by atoms with E-state index in [2.05, 4.69) is 57.1 Å². The third-order valence-corrected chi connectivity index (χ3v) is 6.35. The predicted molar refractivity (Wildman–Crippen MR) is 120 cm³/mol. The Hall–Kier alpha value is -1.93. The number of aryl methyl sites for hydroxylation is 1. The maximum atomic E-state index is 4.79. The van der Waals surface area contributed by atoms with Crippen LogP contribution in [-0.2, 0) is 20.0 Å². The molecule has 29 heavy (non-hydrogen) atoms. The van der Waals surface area contributed by atoms with E-state index < -0.39 is 0 Å². The third kappa shape index (κ3) is 6.54. The van der Waals surface area contributed by atoms with Gasteiger partial charge in [-0.2, -0.15) is 0 Å². The summed E-state index contributed by atoms with van der Waals surface area (Å²) in [5.41, 5.74) is 0. The topological polar surface area (TPSA) is 70.4 Å². The van der Waals surface area contributed by atoms with E-state index in [0.29, 0.717) is 18.5 Å². The molecule has 2 N–H and O–H groups in total. The minimum atomic E-state index is 0.520. The van der Waals surface area contributed by atoms with Gasteiger partial charge in [-0.1, -0.05) is 19.9 Å². The Morgan fingerprint density at radius 3 is 2.90 bits per heavy atom. The third-order valence-electron chi connectivity index (χ3n) is 5.41. The fourth-order valence-electron chi connectivity index (χ4n) is 3.72. The summed E-state index contributed by atoms with van der Waals surface area (Å²) in [6.07, 6.45) is 3.55. The van der Waals surface area contributed by atoms with E-state index >= 15 is 0 Å². The minimum Gasteiger partial charge on any atom is -0.356 e. The van der Waals surface area contributed by atoms with Crippen molar-refractivity contribution in [3.05, 3.63) is 34.0 Å². The molecule has 1 aliphatic rings. The number of thiophene rings is 1. The number of nitrogens with zero attached hydrogens (tertiary/aromatic N) is 5. The number of guanidine groups is 1. The maximum Gasteiger partial charge on any atom is 0.191 e. The van der Waals surface area contributed by atoms with E-state index in [1.54, 1.807) is 11.3 Å². The molecule has 2 aromatic heterocycles. The first-order chi connectivity index (χ1) is 14.0. The molecular weight excluding hydrogens is 382 g/mol. The van der Waals surface area contributed by atoms with E-state index in [9.17, 15) is 0 Å². The van der Waals surface area contributed by atoms with Gasteiger partial charge < -0.3 is 15.2 Å². The summed E-state index contributed by atoms with van der Waals surface area (Å²) in [5, 5.41) is 17.6. The van der Waals surface area contributed by atoms with Crippen molar-refractivity contribution in [2.24, 2.45) is 18.0 Å². The Bertz CT molecular complexity index is 766. The van der Waals surface area contributed by atoms with E-state index in [-0.39, 0.29) is 0 Å². The summed E-state index contributed by atoms with van der Waals surface area (Å²) in [6, 6.07) is 4.87. The van der Waals surface area contributed by atoms with Crippen molar-refractivity contribution in [3.63, 3.8) is 0 Å². The second-order valence-electron chi connectivity index (χ2n) is 8.21. The zero-order valence-electron chi connectivity index (χ0n) is 18.2. The van der Waals surface area contributed by atoms with Crippen LogP contribution >= 0.6 is 11.3 Å². The molecule has 0 amide bonds. The number of aliphatic imine (C=N–C) groups is 1. The predicted octanol–water partition coefficient (Wildman–Crippen LogP) is 2.58. The zero-order chi connectivity index (χ0) is 20.6. The number of likely N-dealkylation sites (tertiary alicyclic amines) is 1. The van der Waals surface area contributed by atoms with Gasteiger partial charge >= 0.3 is 0 Å². The van der Waals surface area contributed by atoms with Crippen LogP contribution in [0.25, 0.3) is 0 Å². The number of hydrogen-bond donors (Lipinski definition) is 2. The summed E-state index contributed by atoms with van der Waals surface area (Å²) < 4.78 is 1.99. The summed E-state index contributed by atoms with van der Waals surface area (Å²) in [6.45, 7) is 11.2. The van der Waals surface area contributed by atoms with Crippen molar-refractivity contribution in [2.75, 3.05) is 26.2 Å². The van der Waals surface area contributed by atoms with Gasteiger partial charge in [-0.05, 0) is 50.1 Å². The van der Waals surface area contributed by atoms with Crippen molar-refractivity contribution in [1.29, 1.82) is 0 Å². The zero-order valence-corrected chi connectivity index (χ0v) is 19.0. The average Bonchev–Trinajstić information content (AvgIpc) is 3.42. The van der Waals surface area contributed by atoms with Crippen molar-refractivity contribution in [2.45, 2.75) is 52.6 Å². The first kappa shape index (κ1) is 21.8.